The zero-order chi connectivity index (χ0) is 19.8. The van der Waals surface area contributed by atoms with Gasteiger partial charge in [0.25, 0.3) is 11.8 Å². The molecule has 1 aromatic carbocycles. The lowest BCUT2D eigenvalue weighted by Gasteiger charge is -2.32. The molecule has 3 heterocycles. The van der Waals surface area contributed by atoms with Crippen LogP contribution in [-0.2, 0) is 11.8 Å². The number of anilines is 1. The van der Waals surface area contributed by atoms with Crippen LogP contribution in [0.15, 0.2) is 42.6 Å². The Morgan fingerprint density at radius 2 is 2.04 bits per heavy atom. The van der Waals surface area contributed by atoms with Crippen LogP contribution in [0.5, 0.6) is 5.75 Å². The van der Waals surface area contributed by atoms with Crippen LogP contribution in [0.25, 0.3) is 0 Å². The number of rotatable bonds is 4. The maximum Gasteiger partial charge on any atom is 0.332 e. The average Bonchev–Trinajstić information content (AvgIpc) is 3.23. The fraction of sp³-hybridized carbons (Fsp3) is 0.350. The summed E-state index contributed by atoms with van der Waals surface area (Å²) < 4.78 is 6.95. The molecule has 146 valence electrons. The number of amides is 4. The summed E-state index contributed by atoms with van der Waals surface area (Å²) >= 11 is 0. The quantitative estimate of drug-likeness (QED) is 0.817. The summed E-state index contributed by atoms with van der Waals surface area (Å²) in [5.41, 5.74) is 1.06. The molecule has 0 radical (unpaired) electrons. The fourth-order valence-corrected chi connectivity index (χ4v) is 3.87. The van der Waals surface area contributed by atoms with Gasteiger partial charge in [0.1, 0.15) is 17.5 Å². The Morgan fingerprint density at radius 1 is 1.21 bits per heavy atom. The van der Waals surface area contributed by atoms with Crippen molar-refractivity contribution >= 4 is 23.5 Å². The maximum atomic E-state index is 13.0. The fourth-order valence-electron chi connectivity index (χ4n) is 3.87. The van der Waals surface area contributed by atoms with Crippen LogP contribution in [0, 0.1) is 0 Å². The van der Waals surface area contributed by atoms with Crippen LogP contribution in [0.1, 0.15) is 23.3 Å². The maximum absolute atomic E-state index is 13.0. The first kappa shape index (κ1) is 18.1. The number of nitrogens with one attached hydrogen (secondary N) is 1. The zero-order valence-electron chi connectivity index (χ0n) is 15.8. The molecule has 0 saturated carbocycles. The molecule has 8 nitrogen and oxygen atoms in total. The molecule has 1 N–H and O–H groups in total. The normalized spacial score (nSPS) is 21.6. The Kier molecular flexibility index (Phi) is 4.54. The molecule has 0 bridgehead atoms. The first-order valence-corrected chi connectivity index (χ1v) is 9.20. The third-order valence-electron chi connectivity index (χ3n) is 5.37. The van der Waals surface area contributed by atoms with Gasteiger partial charge in [0.05, 0.1) is 12.8 Å². The molecule has 2 saturated heterocycles. The molecule has 2 atom stereocenters. The second kappa shape index (κ2) is 7.03. The molecule has 0 aliphatic carbocycles. The third-order valence-corrected chi connectivity index (χ3v) is 5.37. The second-order valence-corrected chi connectivity index (χ2v) is 7.07. The molecule has 2 aliphatic heterocycles. The van der Waals surface area contributed by atoms with E-state index in [1.807, 2.05) is 19.3 Å². The first-order valence-electron chi connectivity index (χ1n) is 9.20. The van der Waals surface area contributed by atoms with Crippen molar-refractivity contribution in [3.63, 3.8) is 0 Å². The number of hydrogen-bond donors (Lipinski definition) is 1. The van der Waals surface area contributed by atoms with Crippen molar-refractivity contribution in [1.82, 2.24) is 14.8 Å². The van der Waals surface area contributed by atoms with E-state index < -0.39 is 6.04 Å². The Morgan fingerprint density at radius 3 is 2.75 bits per heavy atom. The summed E-state index contributed by atoms with van der Waals surface area (Å²) in [5.74, 6) is 0.138. The van der Waals surface area contributed by atoms with Crippen LogP contribution in [0.4, 0.5) is 10.5 Å². The van der Waals surface area contributed by atoms with Gasteiger partial charge in [0.15, 0.2) is 0 Å². The number of carbonyl (C=O) groups excluding carboxylic acids is 3. The number of aryl methyl sites for hydroxylation is 1. The molecule has 4 rings (SSSR count). The number of imide groups is 1. The molecule has 0 unspecified atom stereocenters. The van der Waals surface area contributed by atoms with Crippen molar-refractivity contribution in [1.29, 1.82) is 0 Å². The van der Waals surface area contributed by atoms with Crippen LogP contribution in [0.3, 0.4) is 0 Å². The number of methoxy groups -OCH3 is 1. The molecule has 2 aromatic rings. The highest BCUT2D eigenvalue weighted by molar-refractivity contribution is 6.21. The smallest absolute Gasteiger partial charge is 0.332 e. The van der Waals surface area contributed by atoms with E-state index in [1.54, 1.807) is 39.8 Å². The van der Waals surface area contributed by atoms with Crippen molar-refractivity contribution in [2.45, 2.75) is 24.9 Å². The summed E-state index contributed by atoms with van der Waals surface area (Å²) in [6.45, 7) is 0.424. The topological polar surface area (TPSA) is 83.9 Å². The lowest BCUT2D eigenvalue weighted by atomic mass is 9.98. The molecule has 2 fully saturated rings. The highest BCUT2D eigenvalue weighted by Gasteiger charge is 2.48. The number of piperidine rings is 1. The minimum Gasteiger partial charge on any atom is -0.497 e. The van der Waals surface area contributed by atoms with E-state index in [2.05, 4.69) is 5.32 Å². The van der Waals surface area contributed by atoms with Gasteiger partial charge in [-0.3, -0.25) is 9.59 Å². The molecule has 2 aliphatic rings. The molecule has 8 heteroatoms. The predicted molar refractivity (Wildman–Crippen MR) is 102 cm³/mol. The summed E-state index contributed by atoms with van der Waals surface area (Å²) in [6.07, 6.45) is 2.82. The monoisotopic (exact) mass is 382 g/mol. The number of nitrogens with zero attached hydrogens (tertiary/aromatic N) is 3. The van der Waals surface area contributed by atoms with E-state index in [-0.39, 0.29) is 23.9 Å². The van der Waals surface area contributed by atoms with Crippen LogP contribution in [-0.4, -0.2) is 53.1 Å². The Labute approximate surface area is 162 Å². The molecule has 4 amide bonds. The molecule has 0 spiro atoms. The lowest BCUT2D eigenvalue weighted by Crippen LogP contribution is -2.50. The van der Waals surface area contributed by atoms with Gasteiger partial charge in [0.2, 0.25) is 0 Å². The Balaban J connectivity index is 1.50. The minimum atomic E-state index is -0.564. The highest BCUT2D eigenvalue weighted by Crippen LogP contribution is 2.32. The van der Waals surface area contributed by atoms with Crippen molar-refractivity contribution in [2.75, 3.05) is 18.6 Å². The van der Waals surface area contributed by atoms with E-state index in [0.29, 0.717) is 36.5 Å². The summed E-state index contributed by atoms with van der Waals surface area (Å²) in [5, 5.41) is 2.99. The Bertz CT molecular complexity index is 938. The molecule has 1 aromatic heterocycles. The van der Waals surface area contributed by atoms with Crippen LogP contribution < -0.4 is 15.0 Å². The number of fused-ring (bicyclic) bond motifs is 1. The number of hydrogen-bond acceptors (Lipinski definition) is 4. The van der Waals surface area contributed by atoms with Gasteiger partial charge < -0.3 is 19.5 Å². The predicted octanol–water partition coefficient (Wildman–Crippen LogP) is 1.76. The van der Waals surface area contributed by atoms with E-state index >= 15 is 0 Å². The highest BCUT2D eigenvalue weighted by atomic mass is 16.5. The second-order valence-electron chi connectivity index (χ2n) is 7.07. The van der Waals surface area contributed by atoms with Gasteiger partial charge in [-0.15, -0.1) is 0 Å². The summed E-state index contributed by atoms with van der Waals surface area (Å²) in [4.78, 5) is 41.0. The van der Waals surface area contributed by atoms with E-state index in [0.717, 1.165) is 0 Å². The van der Waals surface area contributed by atoms with Gasteiger partial charge in [-0.25, -0.2) is 9.69 Å². The summed E-state index contributed by atoms with van der Waals surface area (Å²) in [7, 11) is 3.35. The third kappa shape index (κ3) is 3.00. The number of benzene rings is 1. The van der Waals surface area contributed by atoms with Crippen LogP contribution >= 0.6 is 0 Å². The lowest BCUT2D eigenvalue weighted by molar-refractivity contribution is -0.120. The van der Waals surface area contributed by atoms with Crippen molar-refractivity contribution in [3.8, 4) is 5.75 Å². The standard InChI is InChI=1S/C20H22N4O4/c1-22-9-4-7-16(22)18(25)21-13-8-10-23-17(11-13)19(26)24(20(23)27)14-5-3-6-15(12-14)28-2/h3-7,9,12-13,17H,8,10-11H2,1-2H3,(H,21,25)/t13-,17+/m1/s1. The van der Waals surface area contributed by atoms with Gasteiger partial charge >= 0.3 is 6.03 Å². The SMILES string of the molecule is COc1cccc(N2C(=O)[C@@H]3C[C@H](NC(=O)c4cccn4C)CCN3C2=O)c1. The molecular weight excluding hydrogens is 360 g/mol. The number of aromatic nitrogens is 1. The minimum absolute atomic E-state index is 0.161. The van der Waals surface area contributed by atoms with Crippen molar-refractivity contribution in [3.05, 3.63) is 48.3 Å². The largest absolute Gasteiger partial charge is 0.497 e. The first-order chi connectivity index (χ1) is 13.5. The van der Waals surface area contributed by atoms with E-state index in [1.165, 1.54) is 12.0 Å². The van der Waals surface area contributed by atoms with E-state index in [4.69, 9.17) is 4.74 Å². The number of urea groups is 1. The molecule has 28 heavy (non-hydrogen) atoms. The van der Waals surface area contributed by atoms with Gasteiger partial charge in [-0.1, -0.05) is 6.07 Å². The van der Waals surface area contributed by atoms with Gasteiger partial charge in [-0.05, 0) is 37.1 Å². The molecular formula is C20H22N4O4. The number of carbonyl (C=O) groups is 3. The Hall–Kier alpha value is -3.29. The zero-order valence-corrected chi connectivity index (χ0v) is 15.8. The van der Waals surface area contributed by atoms with Crippen molar-refractivity contribution in [2.24, 2.45) is 7.05 Å². The van der Waals surface area contributed by atoms with E-state index in [9.17, 15) is 14.4 Å². The van der Waals surface area contributed by atoms with Gasteiger partial charge in [0, 0.05) is 31.9 Å². The number of ether oxygens (including phenoxy) is 1. The average molecular weight is 382 g/mol. The van der Waals surface area contributed by atoms with Crippen LogP contribution in [0.2, 0.25) is 0 Å². The van der Waals surface area contributed by atoms with Gasteiger partial charge in [-0.2, -0.15) is 0 Å². The summed E-state index contributed by atoms with van der Waals surface area (Å²) in [6, 6.07) is 9.40. The van der Waals surface area contributed by atoms with Crippen molar-refractivity contribution < 1.29 is 19.1 Å².